The topological polar surface area (TPSA) is 63.5 Å². The molecule has 0 aromatic carbocycles. The van der Waals surface area contributed by atoms with E-state index in [1.165, 1.54) is 6.20 Å². The van der Waals surface area contributed by atoms with Crippen molar-refractivity contribution in [1.82, 2.24) is 14.9 Å². The predicted molar refractivity (Wildman–Crippen MR) is 67.4 cm³/mol. The number of hydrogen-bond acceptors (Lipinski definition) is 3. The first kappa shape index (κ1) is 12.3. The van der Waals surface area contributed by atoms with Crippen molar-refractivity contribution in [3.63, 3.8) is 0 Å². The maximum Gasteiger partial charge on any atom is 0.255 e. The number of rotatable bonds is 4. The Bertz CT molecular complexity index is 589. The molecule has 1 atom stereocenters. The van der Waals surface area contributed by atoms with Crippen molar-refractivity contribution in [1.29, 1.82) is 0 Å². The van der Waals surface area contributed by atoms with Gasteiger partial charge in [-0.3, -0.25) is 9.59 Å². The van der Waals surface area contributed by atoms with Crippen LogP contribution in [-0.4, -0.2) is 27.3 Å². The van der Waals surface area contributed by atoms with Crippen LogP contribution in [0.3, 0.4) is 0 Å². The second-order valence-electron chi connectivity index (χ2n) is 4.10. The summed E-state index contributed by atoms with van der Waals surface area (Å²) in [5, 5.41) is 6.77. The van der Waals surface area contributed by atoms with E-state index in [2.05, 4.69) is 10.4 Å². The van der Waals surface area contributed by atoms with E-state index in [-0.39, 0.29) is 11.7 Å². The van der Waals surface area contributed by atoms with Crippen molar-refractivity contribution < 1.29 is 9.59 Å². The van der Waals surface area contributed by atoms with E-state index in [1.807, 2.05) is 18.2 Å². The van der Waals surface area contributed by atoms with Crippen molar-refractivity contribution in [2.45, 2.75) is 26.3 Å². The first-order valence-electron chi connectivity index (χ1n) is 5.89. The van der Waals surface area contributed by atoms with E-state index < -0.39 is 6.04 Å². The number of carbonyl (C=O) groups excluding carboxylic acids is 2. The third-order valence-electron chi connectivity index (χ3n) is 2.85. The molecule has 1 unspecified atom stereocenters. The molecule has 0 bridgehead atoms. The molecule has 2 heterocycles. The zero-order chi connectivity index (χ0) is 13.1. The van der Waals surface area contributed by atoms with E-state index in [9.17, 15) is 9.59 Å². The molecule has 0 aliphatic heterocycles. The molecule has 0 saturated heterocycles. The number of nitrogens with zero attached hydrogens (tertiary/aromatic N) is 2. The van der Waals surface area contributed by atoms with Crippen molar-refractivity contribution >= 4 is 17.2 Å². The summed E-state index contributed by atoms with van der Waals surface area (Å²) >= 11 is 0. The molecular weight excluding hydrogens is 230 g/mol. The highest BCUT2D eigenvalue weighted by Gasteiger charge is 2.17. The number of hydrogen-bond donors (Lipinski definition) is 1. The summed E-state index contributed by atoms with van der Waals surface area (Å²) in [5.74, 6) is -0.259. The highest BCUT2D eigenvalue weighted by atomic mass is 16.2. The van der Waals surface area contributed by atoms with Gasteiger partial charge in [-0.1, -0.05) is 13.0 Å². The summed E-state index contributed by atoms with van der Waals surface area (Å²) in [7, 11) is 0. The number of fused-ring (bicyclic) bond motifs is 1. The molecule has 0 fully saturated rings. The van der Waals surface area contributed by atoms with Crippen molar-refractivity contribution in [3.05, 3.63) is 36.2 Å². The van der Waals surface area contributed by atoms with E-state index in [0.29, 0.717) is 12.0 Å². The fourth-order valence-corrected chi connectivity index (χ4v) is 1.77. The van der Waals surface area contributed by atoms with Gasteiger partial charge in [0.05, 0.1) is 23.3 Å². The monoisotopic (exact) mass is 245 g/mol. The average Bonchev–Trinajstić information content (AvgIpc) is 2.81. The van der Waals surface area contributed by atoms with Gasteiger partial charge in [-0.2, -0.15) is 5.10 Å². The summed E-state index contributed by atoms with van der Waals surface area (Å²) in [6.45, 7) is 3.47. The highest BCUT2D eigenvalue weighted by Crippen LogP contribution is 2.10. The van der Waals surface area contributed by atoms with Crippen LogP contribution >= 0.6 is 0 Å². The lowest BCUT2D eigenvalue weighted by Crippen LogP contribution is -2.38. The standard InChI is InChI=1S/C13H15N3O2/c1-3-12(17)9(2)15-13(18)10-8-14-16-7-5-4-6-11(10)16/h4-9H,3H2,1-2H3,(H,15,18). The Morgan fingerprint density at radius 1 is 1.44 bits per heavy atom. The lowest BCUT2D eigenvalue weighted by Gasteiger charge is -2.10. The Balaban J connectivity index is 2.21. The first-order valence-corrected chi connectivity index (χ1v) is 5.89. The predicted octanol–water partition coefficient (Wildman–Crippen LogP) is 1.43. The van der Waals surface area contributed by atoms with Crippen LogP contribution in [0.4, 0.5) is 0 Å². The van der Waals surface area contributed by atoms with E-state index in [4.69, 9.17) is 0 Å². The lowest BCUT2D eigenvalue weighted by atomic mass is 10.1. The highest BCUT2D eigenvalue weighted by molar-refractivity contribution is 6.02. The Hall–Kier alpha value is -2.17. The smallest absolute Gasteiger partial charge is 0.255 e. The van der Waals surface area contributed by atoms with Crippen LogP contribution in [0.25, 0.3) is 5.52 Å². The van der Waals surface area contributed by atoms with Crippen LogP contribution in [0.1, 0.15) is 30.6 Å². The molecule has 5 heteroatoms. The number of pyridine rings is 1. The van der Waals surface area contributed by atoms with Gasteiger partial charge in [-0.15, -0.1) is 0 Å². The third-order valence-corrected chi connectivity index (χ3v) is 2.85. The molecule has 1 N–H and O–H groups in total. The number of carbonyl (C=O) groups is 2. The van der Waals surface area contributed by atoms with Crippen LogP contribution in [0, 0.1) is 0 Å². The molecule has 94 valence electrons. The largest absolute Gasteiger partial charge is 0.342 e. The zero-order valence-corrected chi connectivity index (χ0v) is 10.4. The van der Waals surface area contributed by atoms with E-state index in [0.717, 1.165) is 5.52 Å². The van der Waals surface area contributed by atoms with Crippen LogP contribution in [-0.2, 0) is 4.79 Å². The summed E-state index contributed by atoms with van der Waals surface area (Å²) in [6.07, 6.45) is 3.69. The molecule has 0 radical (unpaired) electrons. The van der Waals surface area contributed by atoms with Gasteiger partial charge < -0.3 is 5.32 Å². The Kier molecular flexibility index (Phi) is 3.41. The summed E-state index contributed by atoms with van der Waals surface area (Å²) in [6, 6.07) is 5.02. The number of nitrogens with one attached hydrogen (secondary N) is 1. The fourth-order valence-electron chi connectivity index (χ4n) is 1.77. The summed E-state index contributed by atoms with van der Waals surface area (Å²) in [4.78, 5) is 23.5. The minimum atomic E-state index is -0.471. The molecule has 0 aliphatic carbocycles. The molecule has 0 saturated carbocycles. The number of amides is 1. The maximum absolute atomic E-state index is 12.0. The quantitative estimate of drug-likeness (QED) is 0.886. The normalized spacial score (nSPS) is 12.3. The molecular formula is C13H15N3O2. The van der Waals surface area contributed by atoms with Crippen molar-refractivity contribution in [2.75, 3.05) is 0 Å². The number of ketones is 1. The van der Waals surface area contributed by atoms with Gasteiger partial charge in [0, 0.05) is 12.6 Å². The van der Waals surface area contributed by atoms with Crippen LogP contribution < -0.4 is 5.32 Å². The number of aromatic nitrogens is 2. The second kappa shape index (κ2) is 5.00. The lowest BCUT2D eigenvalue weighted by molar-refractivity contribution is -0.120. The van der Waals surface area contributed by atoms with Gasteiger partial charge in [0.25, 0.3) is 5.91 Å². The van der Waals surface area contributed by atoms with E-state index in [1.54, 1.807) is 24.6 Å². The van der Waals surface area contributed by atoms with Gasteiger partial charge in [0.1, 0.15) is 0 Å². The van der Waals surface area contributed by atoms with Crippen LogP contribution in [0.2, 0.25) is 0 Å². The number of Topliss-reactive ketones (excluding diaryl/α,β-unsaturated/α-hetero) is 1. The molecule has 5 nitrogen and oxygen atoms in total. The molecule has 2 aromatic heterocycles. The molecule has 0 aliphatic rings. The molecule has 18 heavy (non-hydrogen) atoms. The van der Waals surface area contributed by atoms with Crippen molar-refractivity contribution in [3.8, 4) is 0 Å². The van der Waals surface area contributed by atoms with E-state index >= 15 is 0 Å². The van der Waals surface area contributed by atoms with Gasteiger partial charge in [-0.25, -0.2) is 4.52 Å². The van der Waals surface area contributed by atoms with Gasteiger partial charge in [0.15, 0.2) is 5.78 Å². The minimum absolute atomic E-state index is 0.0137. The molecule has 1 amide bonds. The molecule has 2 aromatic rings. The van der Waals surface area contributed by atoms with Gasteiger partial charge in [-0.05, 0) is 19.1 Å². The fraction of sp³-hybridized carbons (Fsp3) is 0.308. The second-order valence-corrected chi connectivity index (χ2v) is 4.10. The third kappa shape index (κ3) is 2.25. The SMILES string of the molecule is CCC(=O)C(C)NC(=O)c1cnn2ccccc12. The first-order chi connectivity index (χ1) is 8.63. The van der Waals surface area contributed by atoms with Gasteiger partial charge in [0.2, 0.25) is 0 Å². The zero-order valence-electron chi connectivity index (χ0n) is 10.4. The van der Waals surface area contributed by atoms with Crippen molar-refractivity contribution in [2.24, 2.45) is 0 Å². The molecule has 0 spiro atoms. The minimum Gasteiger partial charge on any atom is -0.342 e. The Morgan fingerprint density at radius 2 is 2.22 bits per heavy atom. The Morgan fingerprint density at radius 3 is 2.94 bits per heavy atom. The van der Waals surface area contributed by atoms with Crippen LogP contribution in [0.5, 0.6) is 0 Å². The summed E-state index contributed by atoms with van der Waals surface area (Å²) < 4.78 is 1.63. The maximum atomic E-state index is 12.0. The molecule has 2 rings (SSSR count). The van der Waals surface area contributed by atoms with Crippen LogP contribution in [0.15, 0.2) is 30.6 Å². The Labute approximate surface area is 105 Å². The van der Waals surface area contributed by atoms with Gasteiger partial charge >= 0.3 is 0 Å². The average molecular weight is 245 g/mol. The summed E-state index contributed by atoms with van der Waals surface area (Å²) in [5.41, 5.74) is 1.21.